The highest BCUT2D eigenvalue weighted by Gasteiger charge is 2.17. The Balaban J connectivity index is 1.94. The third kappa shape index (κ3) is 3.18. The minimum atomic E-state index is -0.156. The van der Waals surface area contributed by atoms with Crippen LogP contribution >= 0.6 is 0 Å². The lowest BCUT2D eigenvalue weighted by atomic mass is 10.3. The predicted molar refractivity (Wildman–Crippen MR) is 70.3 cm³/mol. The zero-order valence-corrected chi connectivity index (χ0v) is 10.8. The number of nitrogens with zero attached hydrogens (tertiary/aromatic N) is 3. The number of aromatic nitrogens is 1. The van der Waals surface area contributed by atoms with Gasteiger partial charge in [0.15, 0.2) is 0 Å². The van der Waals surface area contributed by atoms with Gasteiger partial charge in [0.05, 0.1) is 0 Å². The van der Waals surface area contributed by atoms with Gasteiger partial charge in [0.2, 0.25) is 0 Å². The van der Waals surface area contributed by atoms with E-state index in [1.54, 1.807) is 13.1 Å². The summed E-state index contributed by atoms with van der Waals surface area (Å²) in [5.41, 5.74) is 3.32. The number of pyridine rings is 1. The Morgan fingerprint density at radius 1 is 1.28 bits per heavy atom. The Morgan fingerprint density at radius 3 is 2.67 bits per heavy atom. The largest absolute Gasteiger partial charge is 0.373 e. The maximum atomic E-state index is 12.0. The van der Waals surface area contributed by atoms with Crippen molar-refractivity contribution in [2.45, 2.75) is 0 Å². The maximum Gasteiger partial charge on any atom is 0.284 e. The van der Waals surface area contributed by atoms with Crippen LogP contribution in [0.5, 0.6) is 0 Å². The van der Waals surface area contributed by atoms with E-state index >= 15 is 0 Å². The SMILES string of the molecule is CNc1cccc(C(=O)NN2CCN(C)CC2)n1. The van der Waals surface area contributed by atoms with Gasteiger partial charge >= 0.3 is 0 Å². The summed E-state index contributed by atoms with van der Waals surface area (Å²) >= 11 is 0. The first-order chi connectivity index (χ1) is 8.69. The molecule has 2 N–H and O–H groups in total. The summed E-state index contributed by atoms with van der Waals surface area (Å²) in [6.07, 6.45) is 0. The monoisotopic (exact) mass is 249 g/mol. The van der Waals surface area contributed by atoms with Gasteiger partial charge in [0.25, 0.3) is 5.91 Å². The number of hydrogen-bond donors (Lipinski definition) is 2. The minimum Gasteiger partial charge on any atom is -0.373 e. The van der Waals surface area contributed by atoms with Crippen LogP contribution in [0.25, 0.3) is 0 Å². The highest BCUT2D eigenvalue weighted by atomic mass is 16.2. The number of anilines is 1. The van der Waals surface area contributed by atoms with E-state index in [-0.39, 0.29) is 5.91 Å². The Hall–Kier alpha value is -1.66. The molecule has 2 heterocycles. The summed E-state index contributed by atoms with van der Waals surface area (Å²) in [5, 5.41) is 4.86. The van der Waals surface area contributed by atoms with Crippen LogP contribution in [0.1, 0.15) is 10.5 Å². The summed E-state index contributed by atoms with van der Waals surface area (Å²) < 4.78 is 0. The predicted octanol–water partition coefficient (Wildman–Crippen LogP) is 0.0155. The van der Waals surface area contributed by atoms with Crippen molar-refractivity contribution >= 4 is 11.7 Å². The molecule has 18 heavy (non-hydrogen) atoms. The second kappa shape index (κ2) is 5.79. The van der Waals surface area contributed by atoms with E-state index in [4.69, 9.17) is 0 Å². The van der Waals surface area contributed by atoms with Crippen LogP contribution in [0.3, 0.4) is 0 Å². The molecule has 2 rings (SSSR count). The third-order valence-corrected chi connectivity index (χ3v) is 3.00. The highest BCUT2D eigenvalue weighted by Crippen LogP contribution is 2.04. The van der Waals surface area contributed by atoms with Crippen molar-refractivity contribution in [1.82, 2.24) is 20.3 Å². The molecule has 0 bridgehead atoms. The van der Waals surface area contributed by atoms with Gasteiger partial charge in [-0.15, -0.1) is 0 Å². The normalized spacial score (nSPS) is 17.4. The number of carbonyl (C=O) groups is 1. The molecule has 1 aromatic rings. The lowest BCUT2D eigenvalue weighted by Crippen LogP contribution is -2.52. The Morgan fingerprint density at radius 2 is 2.00 bits per heavy atom. The smallest absolute Gasteiger partial charge is 0.284 e. The molecule has 0 spiro atoms. The Labute approximate surface area is 107 Å². The molecule has 1 fully saturated rings. The van der Waals surface area contributed by atoms with E-state index < -0.39 is 0 Å². The highest BCUT2D eigenvalue weighted by molar-refractivity contribution is 5.92. The van der Waals surface area contributed by atoms with Gasteiger partial charge in [0, 0.05) is 33.2 Å². The average molecular weight is 249 g/mol. The van der Waals surface area contributed by atoms with Crippen molar-refractivity contribution in [2.24, 2.45) is 0 Å². The third-order valence-electron chi connectivity index (χ3n) is 3.00. The van der Waals surface area contributed by atoms with Gasteiger partial charge in [-0.1, -0.05) is 6.07 Å². The second-order valence-electron chi connectivity index (χ2n) is 4.39. The van der Waals surface area contributed by atoms with E-state index in [2.05, 4.69) is 27.7 Å². The lowest BCUT2D eigenvalue weighted by molar-refractivity contribution is 0.0658. The van der Waals surface area contributed by atoms with Crippen LogP contribution in [0, 0.1) is 0 Å². The fourth-order valence-corrected chi connectivity index (χ4v) is 1.82. The number of piperazine rings is 1. The molecule has 6 heteroatoms. The molecule has 0 aromatic carbocycles. The number of likely N-dealkylation sites (N-methyl/N-ethyl adjacent to an activating group) is 1. The summed E-state index contributed by atoms with van der Waals surface area (Å²) in [4.78, 5) is 18.5. The molecule has 0 atom stereocenters. The van der Waals surface area contributed by atoms with Crippen molar-refractivity contribution in [3.8, 4) is 0 Å². The molecule has 0 saturated carbocycles. The van der Waals surface area contributed by atoms with E-state index in [1.165, 1.54) is 0 Å². The first kappa shape index (κ1) is 12.8. The van der Waals surface area contributed by atoms with Crippen molar-refractivity contribution in [3.63, 3.8) is 0 Å². The fourth-order valence-electron chi connectivity index (χ4n) is 1.82. The summed E-state index contributed by atoms with van der Waals surface area (Å²) in [7, 11) is 3.86. The van der Waals surface area contributed by atoms with Gasteiger partial charge in [-0.25, -0.2) is 9.99 Å². The van der Waals surface area contributed by atoms with Crippen LogP contribution in [-0.4, -0.2) is 61.1 Å². The average Bonchev–Trinajstić information content (AvgIpc) is 2.41. The van der Waals surface area contributed by atoms with E-state index in [0.29, 0.717) is 11.5 Å². The molecule has 0 aliphatic carbocycles. The quantitative estimate of drug-likeness (QED) is 0.790. The van der Waals surface area contributed by atoms with Crippen LogP contribution in [-0.2, 0) is 0 Å². The van der Waals surface area contributed by atoms with E-state index in [9.17, 15) is 4.79 Å². The van der Waals surface area contributed by atoms with Gasteiger partial charge in [-0.3, -0.25) is 10.2 Å². The zero-order chi connectivity index (χ0) is 13.0. The molecule has 6 nitrogen and oxygen atoms in total. The number of rotatable bonds is 3. The molecule has 1 aliphatic rings. The van der Waals surface area contributed by atoms with E-state index in [0.717, 1.165) is 26.2 Å². The Kier molecular flexibility index (Phi) is 4.11. The van der Waals surface area contributed by atoms with Crippen LogP contribution in [0.2, 0.25) is 0 Å². The van der Waals surface area contributed by atoms with Gasteiger partial charge < -0.3 is 10.2 Å². The molecular formula is C12H19N5O. The van der Waals surface area contributed by atoms with Crippen molar-refractivity contribution < 1.29 is 4.79 Å². The second-order valence-corrected chi connectivity index (χ2v) is 4.39. The summed E-state index contributed by atoms with van der Waals surface area (Å²) in [5.74, 6) is 0.540. The molecule has 1 amide bonds. The number of carbonyl (C=O) groups excluding carboxylic acids is 1. The van der Waals surface area contributed by atoms with Crippen LogP contribution < -0.4 is 10.7 Å². The molecule has 1 aliphatic heterocycles. The van der Waals surface area contributed by atoms with Crippen LogP contribution in [0.15, 0.2) is 18.2 Å². The number of amides is 1. The van der Waals surface area contributed by atoms with Gasteiger partial charge in [0.1, 0.15) is 11.5 Å². The summed E-state index contributed by atoms with van der Waals surface area (Å²) in [6.45, 7) is 3.61. The standard InChI is InChI=1S/C12H19N5O/c1-13-11-5-3-4-10(14-11)12(18)15-17-8-6-16(2)7-9-17/h3-5H,6-9H2,1-2H3,(H,13,14)(H,15,18). The molecular weight excluding hydrogens is 230 g/mol. The maximum absolute atomic E-state index is 12.0. The number of hydrazine groups is 1. The first-order valence-electron chi connectivity index (χ1n) is 6.08. The molecule has 1 aromatic heterocycles. The summed E-state index contributed by atoms with van der Waals surface area (Å²) in [6, 6.07) is 5.36. The van der Waals surface area contributed by atoms with Crippen molar-refractivity contribution in [2.75, 3.05) is 45.6 Å². The molecule has 0 unspecified atom stereocenters. The Bertz CT molecular complexity index is 415. The minimum absolute atomic E-state index is 0.156. The fraction of sp³-hybridized carbons (Fsp3) is 0.500. The van der Waals surface area contributed by atoms with Crippen LogP contribution in [0.4, 0.5) is 5.82 Å². The van der Waals surface area contributed by atoms with Gasteiger partial charge in [-0.2, -0.15) is 0 Å². The van der Waals surface area contributed by atoms with Crippen molar-refractivity contribution in [3.05, 3.63) is 23.9 Å². The topological polar surface area (TPSA) is 60.5 Å². The molecule has 1 saturated heterocycles. The van der Waals surface area contributed by atoms with E-state index in [1.807, 2.05) is 17.1 Å². The first-order valence-corrected chi connectivity index (χ1v) is 6.08. The number of nitrogens with one attached hydrogen (secondary N) is 2. The molecule has 0 radical (unpaired) electrons. The zero-order valence-electron chi connectivity index (χ0n) is 10.8. The lowest BCUT2D eigenvalue weighted by Gasteiger charge is -2.32. The molecule has 98 valence electrons. The van der Waals surface area contributed by atoms with Crippen molar-refractivity contribution in [1.29, 1.82) is 0 Å². The van der Waals surface area contributed by atoms with Gasteiger partial charge in [-0.05, 0) is 19.2 Å². The number of hydrogen-bond acceptors (Lipinski definition) is 5.